The summed E-state index contributed by atoms with van der Waals surface area (Å²) in [5, 5.41) is 2.93. The maximum atomic E-state index is 12.3. The summed E-state index contributed by atoms with van der Waals surface area (Å²) in [6.45, 7) is 0. The number of hydrogen-bond acceptors (Lipinski definition) is 5. The molecule has 2 aromatic heterocycles. The Morgan fingerprint density at radius 2 is 1.94 bits per heavy atom. The van der Waals surface area contributed by atoms with Gasteiger partial charge < -0.3 is 0 Å². The number of halogens is 3. The van der Waals surface area contributed by atoms with Crippen molar-refractivity contribution in [2.24, 2.45) is 0 Å². The highest BCUT2D eigenvalue weighted by Crippen LogP contribution is 2.27. The molecular formula is C7H5F3N4O2S. The lowest BCUT2D eigenvalue weighted by atomic mass is 10.4. The highest BCUT2D eigenvalue weighted by molar-refractivity contribution is 7.90. The van der Waals surface area contributed by atoms with Crippen molar-refractivity contribution in [2.75, 3.05) is 6.26 Å². The van der Waals surface area contributed by atoms with E-state index in [1.54, 1.807) is 0 Å². The predicted molar refractivity (Wildman–Crippen MR) is 48.9 cm³/mol. The smallest absolute Gasteiger partial charge is 0.221 e. The molecule has 0 saturated heterocycles. The first-order valence-electron chi connectivity index (χ1n) is 4.18. The molecule has 0 bridgehead atoms. The zero-order valence-electron chi connectivity index (χ0n) is 8.30. The molecule has 0 aromatic carbocycles. The van der Waals surface area contributed by atoms with Gasteiger partial charge in [-0.15, -0.1) is 5.10 Å². The summed E-state index contributed by atoms with van der Waals surface area (Å²) in [6.07, 6.45) is -2.81. The van der Waals surface area contributed by atoms with Crippen LogP contribution in [0.5, 0.6) is 0 Å². The quantitative estimate of drug-likeness (QED) is 0.753. The van der Waals surface area contributed by atoms with Crippen molar-refractivity contribution in [2.45, 2.75) is 11.3 Å². The number of rotatable bonds is 1. The van der Waals surface area contributed by atoms with Gasteiger partial charge in [-0.25, -0.2) is 17.9 Å². The SMILES string of the molecule is CS(=O)(=O)c1nc2nc(C(F)(F)F)ccn2n1. The monoisotopic (exact) mass is 266 g/mol. The summed E-state index contributed by atoms with van der Waals surface area (Å²) < 4.78 is 60.0. The fraction of sp³-hybridized carbons (Fsp3) is 0.286. The molecule has 0 amide bonds. The van der Waals surface area contributed by atoms with Crippen molar-refractivity contribution in [1.82, 2.24) is 19.6 Å². The van der Waals surface area contributed by atoms with E-state index in [1.165, 1.54) is 0 Å². The van der Waals surface area contributed by atoms with E-state index in [4.69, 9.17) is 0 Å². The Balaban J connectivity index is 2.64. The standard InChI is InChI=1S/C7H5F3N4O2S/c1-17(15,16)6-12-5-11-4(7(8,9)10)2-3-14(5)13-6/h2-3H,1H3. The molecule has 0 unspecified atom stereocenters. The second-order valence-corrected chi connectivity index (χ2v) is 5.13. The zero-order valence-corrected chi connectivity index (χ0v) is 9.12. The molecule has 0 aliphatic carbocycles. The van der Waals surface area contributed by atoms with Gasteiger partial charge >= 0.3 is 6.18 Å². The zero-order chi connectivity index (χ0) is 12.8. The lowest BCUT2D eigenvalue weighted by Crippen LogP contribution is -2.09. The fourth-order valence-electron chi connectivity index (χ4n) is 1.07. The Morgan fingerprint density at radius 3 is 2.47 bits per heavy atom. The maximum absolute atomic E-state index is 12.3. The van der Waals surface area contributed by atoms with Crippen molar-refractivity contribution < 1.29 is 21.6 Å². The minimum Gasteiger partial charge on any atom is -0.221 e. The van der Waals surface area contributed by atoms with Crippen LogP contribution in [-0.4, -0.2) is 34.3 Å². The minimum absolute atomic E-state index is 0.416. The summed E-state index contributed by atoms with van der Waals surface area (Å²) in [5.74, 6) is -0.416. The average Bonchev–Trinajstić information content (AvgIpc) is 2.57. The molecule has 17 heavy (non-hydrogen) atoms. The molecule has 0 N–H and O–H groups in total. The first kappa shape index (κ1) is 11.8. The van der Waals surface area contributed by atoms with Crippen molar-refractivity contribution in [1.29, 1.82) is 0 Å². The van der Waals surface area contributed by atoms with Gasteiger partial charge in [-0.05, 0) is 6.07 Å². The van der Waals surface area contributed by atoms with E-state index in [2.05, 4.69) is 15.1 Å². The molecule has 0 spiro atoms. The average molecular weight is 266 g/mol. The molecule has 10 heteroatoms. The number of aromatic nitrogens is 4. The second kappa shape index (κ2) is 3.39. The number of sulfone groups is 1. The van der Waals surface area contributed by atoms with Crippen LogP contribution in [-0.2, 0) is 16.0 Å². The predicted octanol–water partition coefficient (Wildman–Crippen LogP) is 0.547. The van der Waals surface area contributed by atoms with Crippen LogP contribution in [0, 0.1) is 0 Å². The van der Waals surface area contributed by atoms with E-state index in [1.807, 2.05) is 0 Å². The summed E-state index contributed by atoms with van der Waals surface area (Å²) in [5.41, 5.74) is -1.16. The van der Waals surface area contributed by atoms with Gasteiger partial charge in [-0.3, -0.25) is 0 Å². The summed E-state index contributed by atoms with van der Waals surface area (Å²) in [4.78, 5) is 6.59. The molecule has 2 rings (SSSR count). The van der Waals surface area contributed by atoms with Gasteiger partial charge in [-0.1, -0.05) is 0 Å². The number of fused-ring (bicyclic) bond motifs is 1. The molecular weight excluding hydrogens is 261 g/mol. The van der Waals surface area contributed by atoms with Crippen LogP contribution < -0.4 is 0 Å². The molecule has 92 valence electrons. The van der Waals surface area contributed by atoms with Gasteiger partial charge in [0, 0.05) is 12.5 Å². The third-order valence-corrected chi connectivity index (χ3v) is 2.65. The Bertz CT molecular complexity index is 676. The molecule has 2 aromatic rings. The number of alkyl halides is 3. The second-order valence-electron chi connectivity index (χ2n) is 3.22. The van der Waals surface area contributed by atoms with E-state index >= 15 is 0 Å². The molecule has 0 atom stereocenters. The normalized spacial score (nSPS) is 13.2. The van der Waals surface area contributed by atoms with Crippen LogP contribution >= 0.6 is 0 Å². The summed E-state index contributed by atoms with van der Waals surface area (Å²) in [7, 11) is -3.68. The Hall–Kier alpha value is -1.71. The Kier molecular flexibility index (Phi) is 2.35. The van der Waals surface area contributed by atoms with Gasteiger partial charge in [0.05, 0.1) is 0 Å². The van der Waals surface area contributed by atoms with Gasteiger partial charge in [0.2, 0.25) is 9.84 Å². The van der Waals surface area contributed by atoms with Crippen molar-refractivity contribution in [3.63, 3.8) is 0 Å². The molecule has 0 aliphatic heterocycles. The molecule has 0 radical (unpaired) electrons. The lowest BCUT2D eigenvalue weighted by Gasteiger charge is -2.03. The first-order chi connectivity index (χ1) is 7.68. The van der Waals surface area contributed by atoms with Crippen LogP contribution in [0.15, 0.2) is 17.4 Å². The topological polar surface area (TPSA) is 77.2 Å². The highest BCUT2D eigenvalue weighted by Gasteiger charge is 2.33. The van der Waals surface area contributed by atoms with E-state index < -0.39 is 32.6 Å². The lowest BCUT2D eigenvalue weighted by molar-refractivity contribution is -0.141. The third kappa shape index (κ3) is 2.20. The van der Waals surface area contributed by atoms with Crippen LogP contribution in [0.1, 0.15) is 5.69 Å². The van der Waals surface area contributed by atoms with Crippen molar-refractivity contribution in [3.05, 3.63) is 18.0 Å². The van der Waals surface area contributed by atoms with Gasteiger partial charge in [0.15, 0.2) is 0 Å². The van der Waals surface area contributed by atoms with Crippen molar-refractivity contribution >= 4 is 15.6 Å². The van der Waals surface area contributed by atoms with Crippen molar-refractivity contribution in [3.8, 4) is 0 Å². The van der Waals surface area contributed by atoms with Gasteiger partial charge in [-0.2, -0.15) is 18.2 Å². The Morgan fingerprint density at radius 1 is 1.29 bits per heavy atom. The van der Waals surface area contributed by atoms with Gasteiger partial charge in [0.25, 0.3) is 10.9 Å². The summed E-state index contributed by atoms with van der Waals surface area (Å²) in [6, 6.07) is 0.688. The van der Waals surface area contributed by atoms with E-state index in [-0.39, 0.29) is 0 Å². The molecule has 0 aliphatic rings. The Labute approximate surface area is 93.0 Å². The largest absolute Gasteiger partial charge is 0.433 e. The minimum atomic E-state index is -4.61. The van der Waals surface area contributed by atoms with E-state index in [0.29, 0.717) is 6.07 Å². The van der Waals surface area contributed by atoms with E-state index in [9.17, 15) is 21.6 Å². The molecule has 6 nitrogen and oxygen atoms in total. The number of nitrogens with zero attached hydrogens (tertiary/aromatic N) is 4. The van der Waals surface area contributed by atoms with Crippen LogP contribution in [0.4, 0.5) is 13.2 Å². The maximum Gasteiger partial charge on any atom is 0.433 e. The van der Waals surface area contributed by atoms with E-state index in [0.717, 1.165) is 17.0 Å². The molecule has 2 heterocycles. The van der Waals surface area contributed by atoms with Gasteiger partial charge in [0.1, 0.15) is 5.69 Å². The van der Waals surface area contributed by atoms with Crippen LogP contribution in [0.25, 0.3) is 5.78 Å². The third-order valence-electron chi connectivity index (χ3n) is 1.81. The fourth-order valence-corrected chi connectivity index (χ4v) is 1.56. The first-order valence-corrected chi connectivity index (χ1v) is 6.08. The number of hydrogen-bond donors (Lipinski definition) is 0. The summed E-state index contributed by atoms with van der Waals surface area (Å²) >= 11 is 0. The van der Waals surface area contributed by atoms with Crippen LogP contribution in [0.2, 0.25) is 0 Å². The highest BCUT2D eigenvalue weighted by atomic mass is 32.2. The molecule has 0 fully saturated rings. The molecule has 0 saturated carbocycles. The van der Waals surface area contributed by atoms with Crippen LogP contribution in [0.3, 0.4) is 0 Å².